The number of nitrogens with zero attached hydrogens (tertiary/aromatic N) is 2. The minimum absolute atomic E-state index is 0.129. The summed E-state index contributed by atoms with van der Waals surface area (Å²) in [5.74, 6) is -0.994. The number of carbonyl (C=O) groups is 4. The molecule has 1 aromatic rings. The maximum atomic E-state index is 13.0. The second kappa shape index (κ2) is 10.6. The summed E-state index contributed by atoms with van der Waals surface area (Å²) in [5.41, 5.74) is 1.75. The Morgan fingerprint density at radius 2 is 1.73 bits per heavy atom. The van der Waals surface area contributed by atoms with Crippen LogP contribution in [0.25, 0.3) is 0 Å². The Balaban J connectivity index is 1.36. The lowest BCUT2D eigenvalue weighted by Crippen LogP contribution is -2.54. The molecule has 2 fully saturated rings. The highest BCUT2D eigenvalue weighted by Crippen LogP contribution is 2.29. The van der Waals surface area contributed by atoms with Gasteiger partial charge in [0.15, 0.2) is 0 Å². The number of hydrogen-bond acceptors (Lipinski definition) is 5. The van der Waals surface area contributed by atoms with Gasteiger partial charge in [0, 0.05) is 13.0 Å². The van der Waals surface area contributed by atoms with Crippen molar-refractivity contribution >= 4 is 23.6 Å². The molecule has 2 heterocycles. The van der Waals surface area contributed by atoms with Gasteiger partial charge in [0.2, 0.25) is 11.8 Å². The van der Waals surface area contributed by atoms with Gasteiger partial charge in [0.1, 0.15) is 6.04 Å². The maximum Gasteiger partial charge on any atom is 0.262 e. The minimum atomic E-state index is -0.916. The first-order valence-electron chi connectivity index (χ1n) is 12.5. The van der Waals surface area contributed by atoms with Crippen molar-refractivity contribution in [1.29, 1.82) is 0 Å². The molecule has 1 aromatic carbocycles. The average Bonchev–Trinajstić information content (AvgIpc) is 3.04. The molecule has 1 aliphatic carbocycles. The summed E-state index contributed by atoms with van der Waals surface area (Å²) in [6.45, 7) is 5.57. The van der Waals surface area contributed by atoms with E-state index in [1.54, 1.807) is 6.07 Å². The molecule has 3 aliphatic rings. The van der Waals surface area contributed by atoms with Crippen LogP contribution < -0.4 is 5.32 Å². The van der Waals surface area contributed by atoms with Crippen molar-refractivity contribution < 1.29 is 19.2 Å². The largest absolute Gasteiger partial charge is 0.303 e. The summed E-state index contributed by atoms with van der Waals surface area (Å²) in [6, 6.07) is 4.53. The highest BCUT2D eigenvalue weighted by molar-refractivity contribution is 6.23. The fourth-order valence-electron chi connectivity index (χ4n) is 5.53. The second-order valence-electron chi connectivity index (χ2n) is 9.74. The fraction of sp³-hybridized carbons (Fsp3) is 0.615. The third-order valence-corrected chi connectivity index (χ3v) is 7.22. The Morgan fingerprint density at radius 1 is 0.970 bits per heavy atom. The lowest BCUT2D eigenvalue weighted by Gasteiger charge is -2.29. The van der Waals surface area contributed by atoms with E-state index < -0.39 is 23.8 Å². The van der Waals surface area contributed by atoms with Crippen molar-refractivity contribution in [2.24, 2.45) is 5.92 Å². The van der Waals surface area contributed by atoms with Gasteiger partial charge in [-0.2, -0.15) is 0 Å². The highest BCUT2D eigenvalue weighted by atomic mass is 16.2. The van der Waals surface area contributed by atoms with Gasteiger partial charge in [-0.15, -0.1) is 0 Å². The molecule has 1 unspecified atom stereocenters. The van der Waals surface area contributed by atoms with Crippen LogP contribution in [-0.2, 0) is 16.0 Å². The molecule has 0 aromatic heterocycles. The molecule has 7 nitrogen and oxygen atoms in total. The molecule has 33 heavy (non-hydrogen) atoms. The molecule has 4 amide bonds. The van der Waals surface area contributed by atoms with E-state index in [4.69, 9.17) is 0 Å². The number of benzene rings is 1. The normalized spacial score (nSPS) is 21.6. The number of amides is 4. The number of imide groups is 2. The van der Waals surface area contributed by atoms with Crippen LogP contribution in [0.3, 0.4) is 0 Å². The summed E-state index contributed by atoms with van der Waals surface area (Å²) in [4.78, 5) is 53.1. The molecular weight excluding hydrogens is 418 g/mol. The number of piperidine rings is 1. The first-order chi connectivity index (χ1) is 16.0. The SMILES string of the molecule is CCCN(CCCc1ccc2c(c1)C(=O)N(C1CCC(=O)NC1=O)C2=O)CC1CCCCC1. The zero-order valence-corrected chi connectivity index (χ0v) is 19.6. The van der Waals surface area contributed by atoms with Crippen molar-refractivity contribution in [3.63, 3.8) is 0 Å². The van der Waals surface area contributed by atoms with Crippen LogP contribution in [0.2, 0.25) is 0 Å². The molecule has 1 saturated heterocycles. The molecule has 178 valence electrons. The van der Waals surface area contributed by atoms with E-state index in [-0.39, 0.29) is 18.7 Å². The zero-order valence-electron chi connectivity index (χ0n) is 19.6. The third-order valence-electron chi connectivity index (χ3n) is 7.22. The molecule has 1 atom stereocenters. The van der Waals surface area contributed by atoms with Crippen LogP contribution in [0.15, 0.2) is 18.2 Å². The van der Waals surface area contributed by atoms with Crippen LogP contribution in [-0.4, -0.2) is 59.1 Å². The smallest absolute Gasteiger partial charge is 0.262 e. The Labute approximate surface area is 195 Å². The van der Waals surface area contributed by atoms with E-state index in [2.05, 4.69) is 17.1 Å². The van der Waals surface area contributed by atoms with E-state index in [0.29, 0.717) is 11.1 Å². The standard InChI is InChI=1S/C26H35N3O4/c1-2-14-28(17-19-7-4-3-5-8-19)15-6-9-18-10-11-20-21(16-18)26(33)29(25(20)32)22-12-13-23(30)27-24(22)31/h10-11,16,19,22H,2-9,12-15,17H2,1H3,(H,27,30,31). The average molecular weight is 454 g/mol. The summed E-state index contributed by atoms with van der Waals surface area (Å²) < 4.78 is 0. The molecule has 7 heteroatoms. The lowest BCUT2D eigenvalue weighted by atomic mass is 9.89. The van der Waals surface area contributed by atoms with Crippen LogP contribution in [0, 0.1) is 5.92 Å². The van der Waals surface area contributed by atoms with E-state index >= 15 is 0 Å². The van der Waals surface area contributed by atoms with Crippen molar-refractivity contribution in [3.05, 3.63) is 34.9 Å². The fourth-order valence-corrected chi connectivity index (χ4v) is 5.53. The van der Waals surface area contributed by atoms with Crippen LogP contribution in [0.1, 0.15) is 91.0 Å². The van der Waals surface area contributed by atoms with E-state index in [9.17, 15) is 19.2 Å². The third kappa shape index (κ3) is 5.35. The van der Waals surface area contributed by atoms with Crippen molar-refractivity contribution in [1.82, 2.24) is 15.1 Å². The first-order valence-corrected chi connectivity index (χ1v) is 12.5. The van der Waals surface area contributed by atoms with Gasteiger partial charge in [-0.1, -0.05) is 32.3 Å². The van der Waals surface area contributed by atoms with E-state index in [1.807, 2.05) is 12.1 Å². The van der Waals surface area contributed by atoms with Gasteiger partial charge in [-0.3, -0.25) is 29.4 Å². The van der Waals surface area contributed by atoms with Crippen molar-refractivity contribution in [3.8, 4) is 0 Å². The first kappa shape index (κ1) is 23.6. The number of aryl methyl sites for hydroxylation is 1. The summed E-state index contributed by atoms with van der Waals surface area (Å²) >= 11 is 0. The van der Waals surface area contributed by atoms with Crippen LogP contribution in [0.4, 0.5) is 0 Å². The Bertz CT molecular complexity index is 922. The van der Waals surface area contributed by atoms with E-state index in [0.717, 1.165) is 48.7 Å². The van der Waals surface area contributed by atoms with Gasteiger partial charge < -0.3 is 4.90 Å². The topological polar surface area (TPSA) is 86.8 Å². The lowest BCUT2D eigenvalue weighted by molar-refractivity contribution is -0.136. The quantitative estimate of drug-likeness (QED) is 0.580. The van der Waals surface area contributed by atoms with Gasteiger partial charge in [-0.25, -0.2) is 0 Å². The van der Waals surface area contributed by atoms with Gasteiger partial charge in [0.25, 0.3) is 11.8 Å². The molecular formula is C26H35N3O4. The Hall–Kier alpha value is -2.54. The number of rotatable bonds is 9. The van der Waals surface area contributed by atoms with Crippen molar-refractivity contribution in [2.75, 3.05) is 19.6 Å². The molecule has 1 saturated carbocycles. The predicted molar refractivity (Wildman–Crippen MR) is 125 cm³/mol. The van der Waals surface area contributed by atoms with Crippen molar-refractivity contribution in [2.45, 2.75) is 77.2 Å². The second-order valence-corrected chi connectivity index (χ2v) is 9.74. The molecule has 0 bridgehead atoms. The summed E-state index contributed by atoms with van der Waals surface area (Å²) in [6.07, 6.45) is 10.1. The number of carbonyl (C=O) groups excluding carboxylic acids is 4. The Kier molecular flexibility index (Phi) is 7.58. The monoisotopic (exact) mass is 453 g/mol. The van der Waals surface area contributed by atoms with Crippen LogP contribution >= 0.6 is 0 Å². The predicted octanol–water partition coefficient (Wildman–Crippen LogP) is 3.31. The zero-order chi connectivity index (χ0) is 23.4. The summed E-state index contributed by atoms with van der Waals surface area (Å²) in [5, 5.41) is 2.23. The van der Waals surface area contributed by atoms with Gasteiger partial charge in [0.05, 0.1) is 11.1 Å². The summed E-state index contributed by atoms with van der Waals surface area (Å²) in [7, 11) is 0. The van der Waals surface area contributed by atoms with E-state index in [1.165, 1.54) is 38.6 Å². The van der Waals surface area contributed by atoms with Gasteiger partial charge in [-0.05, 0) is 75.2 Å². The molecule has 1 N–H and O–H groups in total. The highest BCUT2D eigenvalue weighted by Gasteiger charge is 2.44. The van der Waals surface area contributed by atoms with Gasteiger partial charge >= 0.3 is 0 Å². The number of nitrogens with one attached hydrogen (secondary N) is 1. The minimum Gasteiger partial charge on any atom is -0.303 e. The van der Waals surface area contributed by atoms with Crippen LogP contribution in [0.5, 0.6) is 0 Å². The molecule has 4 rings (SSSR count). The molecule has 0 spiro atoms. The Morgan fingerprint density at radius 3 is 2.45 bits per heavy atom. The molecule has 2 aliphatic heterocycles. The maximum absolute atomic E-state index is 13.0. The molecule has 0 radical (unpaired) electrons. The number of hydrogen-bond donors (Lipinski definition) is 1. The number of fused-ring (bicyclic) bond motifs is 1.